The molecule has 0 bridgehead atoms. The van der Waals surface area contributed by atoms with Gasteiger partial charge in [-0.25, -0.2) is 4.98 Å². The molecule has 1 aromatic rings. The van der Waals surface area contributed by atoms with Crippen LogP contribution in [-0.4, -0.2) is 66.5 Å². The zero-order chi connectivity index (χ0) is 19.4. The van der Waals surface area contributed by atoms with Gasteiger partial charge in [0.2, 0.25) is 5.88 Å². The SMILES string of the molecule is CC(Oc1ncccc1C(=O)NCCN1CCOC(C)(C)C1)C(F)(F)F. The summed E-state index contributed by atoms with van der Waals surface area (Å²) in [6.07, 6.45) is -5.31. The molecule has 1 saturated heterocycles. The molecule has 0 aliphatic carbocycles. The van der Waals surface area contributed by atoms with Gasteiger partial charge in [0.15, 0.2) is 6.10 Å². The second kappa shape index (κ2) is 8.22. The number of rotatable bonds is 6. The molecular formula is C17H24F3N3O3. The van der Waals surface area contributed by atoms with Crippen LogP contribution in [0, 0.1) is 0 Å². The minimum Gasteiger partial charge on any atom is -0.464 e. The number of hydrogen-bond donors (Lipinski definition) is 1. The highest BCUT2D eigenvalue weighted by atomic mass is 19.4. The number of ether oxygens (including phenoxy) is 2. The summed E-state index contributed by atoms with van der Waals surface area (Å²) in [7, 11) is 0. The summed E-state index contributed by atoms with van der Waals surface area (Å²) in [6, 6.07) is 2.86. The Morgan fingerprint density at radius 1 is 1.50 bits per heavy atom. The van der Waals surface area contributed by atoms with Crippen LogP contribution in [0.15, 0.2) is 18.3 Å². The van der Waals surface area contributed by atoms with E-state index in [1.807, 2.05) is 13.8 Å². The fourth-order valence-electron chi connectivity index (χ4n) is 2.62. The molecule has 1 unspecified atom stereocenters. The minimum absolute atomic E-state index is 0.0223. The highest BCUT2D eigenvalue weighted by Crippen LogP contribution is 2.25. The lowest BCUT2D eigenvalue weighted by Crippen LogP contribution is -2.50. The van der Waals surface area contributed by atoms with E-state index in [0.717, 1.165) is 20.0 Å². The molecule has 9 heteroatoms. The average Bonchev–Trinajstić information content (AvgIpc) is 2.53. The summed E-state index contributed by atoms with van der Waals surface area (Å²) in [5, 5.41) is 2.70. The summed E-state index contributed by atoms with van der Waals surface area (Å²) in [5.41, 5.74) is -0.258. The first-order valence-corrected chi connectivity index (χ1v) is 8.41. The van der Waals surface area contributed by atoms with Gasteiger partial charge in [0, 0.05) is 32.4 Å². The molecule has 0 aromatic carbocycles. The summed E-state index contributed by atoms with van der Waals surface area (Å²) in [5.74, 6) is -0.850. The molecule has 1 aliphatic heterocycles. The van der Waals surface area contributed by atoms with Crippen LogP contribution in [0.2, 0.25) is 0 Å². The van der Waals surface area contributed by atoms with Gasteiger partial charge < -0.3 is 14.8 Å². The van der Waals surface area contributed by atoms with Crippen LogP contribution in [0.4, 0.5) is 13.2 Å². The lowest BCUT2D eigenvalue weighted by atomic mass is 10.1. The Hall–Kier alpha value is -1.87. The van der Waals surface area contributed by atoms with Crippen molar-refractivity contribution in [3.05, 3.63) is 23.9 Å². The van der Waals surface area contributed by atoms with Gasteiger partial charge in [-0.1, -0.05) is 0 Å². The van der Waals surface area contributed by atoms with Crippen molar-refractivity contribution in [1.82, 2.24) is 15.2 Å². The molecule has 1 aliphatic rings. The Kier molecular flexibility index (Phi) is 6.46. The van der Waals surface area contributed by atoms with Crippen molar-refractivity contribution in [2.75, 3.05) is 32.8 Å². The first kappa shape index (κ1) is 20.4. The number of halogens is 3. The lowest BCUT2D eigenvalue weighted by Gasteiger charge is -2.38. The molecule has 1 fully saturated rings. The van der Waals surface area contributed by atoms with E-state index >= 15 is 0 Å². The molecule has 1 amide bonds. The van der Waals surface area contributed by atoms with E-state index in [0.29, 0.717) is 19.7 Å². The van der Waals surface area contributed by atoms with Crippen LogP contribution in [-0.2, 0) is 4.74 Å². The van der Waals surface area contributed by atoms with Crippen molar-refractivity contribution in [2.45, 2.75) is 38.7 Å². The van der Waals surface area contributed by atoms with E-state index in [-0.39, 0.29) is 17.0 Å². The van der Waals surface area contributed by atoms with Gasteiger partial charge in [-0.15, -0.1) is 0 Å². The molecule has 26 heavy (non-hydrogen) atoms. The van der Waals surface area contributed by atoms with E-state index in [4.69, 9.17) is 9.47 Å². The van der Waals surface area contributed by atoms with Crippen molar-refractivity contribution in [3.8, 4) is 5.88 Å². The number of carbonyl (C=O) groups excluding carboxylic acids is 1. The van der Waals surface area contributed by atoms with Gasteiger partial charge >= 0.3 is 6.18 Å². The molecule has 0 spiro atoms. The fraction of sp³-hybridized carbons (Fsp3) is 0.647. The topological polar surface area (TPSA) is 63.7 Å². The average molecular weight is 375 g/mol. The van der Waals surface area contributed by atoms with Crippen LogP contribution in [0.25, 0.3) is 0 Å². The zero-order valence-electron chi connectivity index (χ0n) is 15.1. The summed E-state index contributed by atoms with van der Waals surface area (Å²) in [4.78, 5) is 18.2. The van der Waals surface area contributed by atoms with E-state index in [1.165, 1.54) is 18.3 Å². The number of nitrogens with one attached hydrogen (secondary N) is 1. The maximum atomic E-state index is 12.7. The number of pyridine rings is 1. The third kappa shape index (κ3) is 5.84. The Balaban J connectivity index is 1.91. The van der Waals surface area contributed by atoms with Gasteiger partial charge in [-0.2, -0.15) is 13.2 Å². The number of hydrogen-bond acceptors (Lipinski definition) is 5. The maximum absolute atomic E-state index is 12.7. The van der Waals surface area contributed by atoms with Crippen molar-refractivity contribution < 1.29 is 27.4 Å². The quantitative estimate of drug-likeness (QED) is 0.826. The molecule has 1 atom stereocenters. The molecule has 1 N–H and O–H groups in total. The summed E-state index contributed by atoms with van der Waals surface area (Å²) < 4.78 is 48.5. The second-order valence-electron chi connectivity index (χ2n) is 6.80. The van der Waals surface area contributed by atoms with Gasteiger partial charge in [0.25, 0.3) is 5.91 Å². The van der Waals surface area contributed by atoms with Crippen LogP contribution >= 0.6 is 0 Å². The van der Waals surface area contributed by atoms with E-state index < -0.39 is 18.2 Å². The van der Waals surface area contributed by atoms with Crippen molar-refractivity contribution >= 4 is 5.91 Å². The number of aromatic nitrogens is 1. The Morgan fingerprint density at radius 2 is 2.23 bits per heavy atom. The molecule has 0 saturated carbocycles. The number of amides is 1. The Labute approximate surface area is 150 Å². The van der Waals surface area contributed by atoms with E-state index in [9.17, 15) is 18.0 Å². The van der Waals surface area contributed by atoms with Gasteiger partial charge in [0.1, 0.15) is 5.56 Å². The highest BCUT2D eigenvalue weighted by molar-refractivity contribution is 5.96. The predicted molar refractivity (Wildman–Crippen MR) is 89.2 cm³/mol. The smallest absolute Gasteiger partial charge is 0.425 e. The normalized spacial score (nSPS) is 19.0. The van der Waals surface area contributed by atoms with Crippen LogP contribution in [0.3, 0.4) is 0 Å². The molecular weight excluding hydrogens is 351 g/mol. The van der Waals surface area contributed by atoms with E-state index in [2.05, 4.69) is 15.2 Å². The Morgan fingerprint density at radius 3 is 2.88 bits per heavy atom. The van der Waals surface area contributed by atoms with Crippen LogP contribution < -0.4 is 10.1 Å². The fourth-order valence-corrected chi connectivity index (χ4v) is 2.62. The number of alkyl halides is 3. The monoisotopic (exact) mass is 375 g/mol. The predicted octanol–water partition coefficient (Wildman–Crippen LogP) is 2.25. The second-order valence-corrected chi connectivity index (χ2v) is 6.80. The van der Waals surface area contributed by atoms with Gasteiger partial charge in [-0.3, -0.25) is 9.69 Å². The van der Waals surface area contributed by atoms with Crippen molar-refractivity contribution in [1.29, 1.82) is 0 Å². The molecule has 2 rings (SSSR count). The van der Waals surface area contributed by atoms with Crippen molar-refractivity contribution in [3.63, 3.8) is 0 Å². The number of morpholine rings is 1. The third-order valence-corrected chi connectivity index (χ3v) is 3.98. The maximum Gasteiger partial charge on any atom is 0.425 e. The van der Waals surface area contributed by atoms with E-state index in [1.54, 1.807) is 0 Å². The molecule has 2 heterocycles. The van der Waals surface area contributed by atoms with Gasteiger partial charge in [0.05, 0.1) is 12.2 Å². The number of carbonyl (C=O) groups is 1. The van der Waals surface area contributed by atoms with Crippen LogP contribution in [0.1, 0.15) is 31.1 Å². The van der Waals surface area contributed by atoms with Crippen molar-refractivity contribution in [2.24, 2.45) is 0 Å². The standard InChI is InChI=1S/C17H24F3N3O3/c1-12(17(18,19)20)26-15-13(5-4-6-22-15)14(24)21-7-8-23-9-10-25-16(2,3)11-23/h4-6,12H,7-11H2,1-3H3,(H,21,24). The highest BCUT2D eigenvalue weighted by Gasteiger charge is 2.39. The number of nitrogens with zero attached hydrogens (tertiary/aromatic N) is 2. The third-order valence-electron chi connectivity index (χ3n) is 3.98. The molecule has 1 aromatic heterocycles. The van der Waals surface area contributed by atoms with Crippen LogP contribution in [0.5, 0.6) is 5.88 Å². The first-order chi connectivity index (χ1) is 12.1. The first-order valence-electron chi connectivity index (χ1n) is 8.41. The summed E-state index contributed by atoms with van der Waals surface area (Å²) in [6.45, 7) is 7.98. The largest absolute Gasteiger partial charge is 0.464 e. The van der Waals surface area contributed by atoms with Gasteiger partial charge in [-0.05, 0) is 32.9 Å². The minimum atomic E-state index is -4.53. The molecule has 0 radical (unpaired) electrons. The summed E-state index contributed by atoms with van der Waals surface area (Å²) >= 11 is 0. The zero-order valence-corrected chi connectivity index (χ0v) is 15.1. The Bertz CT molecular complexity index is 623. The lowest BCUT2D eigenvalue weighted by molar-refractivity contribution is -0.190. The molecule has 6 nitrogen and oxygen atoms in total. The molecule has 146 valence electrons.